The molecule has 1 aliphatic carbocycles. The Bertz CT molecular complexity index is 545. The van der Waals surface area contributed by atoms with Gasteiger partial charge in [-0.3, -0.25) is 0 Å². The normalized spacial score (nSPS) is 18.3. The first-order valence-electron chi connectivity index (χ1n) is 5.80. The molecule has 1 saturated carbocycles. The maximum atomic E-state index is 12.3. The second kappa shape index (κ2) is 4.79. The van der Waals surface area contributed by atoms with Gasteiger partial charge >= 0.3 is 5.51 Å². The molecule has 0 spiro atoms. The number of aliphatic hydroxyl groups is 1. The standard InChI is InChI=1S/C12H13F3O3S/c13-12(14,15)19(17,18)10-5-1-8(2-6-10)7-11(16)9-3-4-9/h1-2,5-6,9,11,16H,3-4,7H2. The number of rotatable bonds is 4. The average Bonchev–Trinajstić information content (AvgIpc) is 3.11. The van der Waals surface area contributed by atoms with Gasteiger partial charge in [-0.1, -0.05) is 12.1 Å². The zero-order valence-electron chi connectivity index (χ0n) is 9.89. The quantitative estimate of drug-likeness (QED) is 0.927. The Labute approximate surface area is 109 Å². The summed E-state index contributed by atoms with van der Waals surface area (Å²) in [5.74, 6) is 0.263. The number of sulfone groups is 1. The Kier molecular flexibility index (Phi) is 3.61. The lowest BCUT2D eigenvalue weighted by atomic mass is 10.1. The highest BCUT2D eigenvalue weighted by molar-refractivity contribution is 7.92. The molecule has 0 bridgehead atoms. The van der Waals surface area contributed by atoms with Crippen LogP contribution in [0.5, 0.6) is 0 Å². The fourth-order valence-electron chi connectivity index (χ4n) is 1.83. The summed E-state index contributed by atoms with van der Waals surface area (Å²) in [7, 11) is -5.29. The molecule has 1 aromatic carbocycles. The van der Waals surface area contributed by atoms with E-state index in [4.69, 9.17) is 0 Å². The summed E-state index contributed by atoms with van der Waals surface area (Å²) in [6.45, 7) is 0. The average molecular weight is 294 g/mol. The third kappa shape index (κ3) is 3.09. The topological polar surface area (TPSA) is 54.4 Å². The second-order valence-corrected chi connectivity index (χ2v) is 6.64. The van der Waals surface area contributed by atoms with Gasteiger partial charge in [0.05, 0.1) is 11.0 Å². The molecule has 1 unspecified atom stereocenters. The molecular formula is C12H13F3O3S. The molecule has 1 N–H and O–H groups in total. The Morgan fingerprint density at radius 2 is 1.74 bits per heavy atom. The smallest absolute Gasteiger partial charge is 0.392 e. The zero-order valence-corrected chi connectivity index (χ0v) is 10.7. The molecule has 0 aromatic heterocycles. The van der Waals surface area contributed by atoms with Crippen molar-refractivity contribution in [3.05, 3.63) is 29.8 Å². The predicted octanol–water partition coefficient (Wildman–Crippen LogP) is 2.29. The molecule has 106 valence electrons. The summed E-state index contributed by atoms with van der Waals surface area (Å²) < 4.78 is 59.2. The Hall–Kier alpha value is -1.08. The minimum absolute atomic E-state index is 0.263. The van der Waals surface area contributed by atoms with Crippen LogP contribution in [-0.2, 0) is 16.3 Å². The first-order valence-corrected chi connectivity index (χ1v) is 7.28. The molecule has 1 atom stereocenters. The van der Waals surface area contributed by atoms with E-state index in [0.29, 0.717) is 12.0 Å². The molecular weight excluding hydrogens is 281 g/mol. The molecule has 0 saturated heterocycles. The highest BCUT2D eigenvalue weighted by Crippen LogP contribution is 2.34. The Morgan fingerprint density at radius 1 is 1.21 bits per heavy atom. The van der Waals surface area contributed by atoms with E-state index >= 15 is 0 Å². The third-order valence-electron chi connectivity index (χ3n) is 3.15. The molecule has 0 heterocycles. The third-order valence-corrected chi connectivity index (χ3v) is 4.65. The van der Waals surface area contributed by atoms with Gasteiger partial charge in [-0.05, 0) is 42.9 Å². The van der Waals surface area contributed by atoms with Gasteiger partial charge in [0, 0.05) is 0 Å². The second-order valence-electron chi connectivity index (χ2n) is 4.70. The molecule has 1 aromatic rings. The number of halogens is 3. The molecule has 2 rings (SSSR count). The van der Waals surface area contributed by atoms with Crippen LogP contribution in [0.3, 0.4) is 0 Å². The van der Waals surface area contributed by atoms with E-state index < -0.39 is 26.3 Å². The molecule has 19 heavy (non-hydrogen) atoms. The van der Waals surface area contributed by atoms with E-state index in [0.717, 1.165) is 25.0 Å². The molecule has 7 heteroatoms. The lowest BCUT2D eigenvalue weighted by molar-refractivity contribution is -0.0436. The minimum Gasteiger partial charge on any atom is -0.392 e. The maximum Gasteiger partial charge on any atom is 0.501 e. The summed E-state index contributed by atoms with van der Waals surface area (Å²) in [4.78, 5) is -0.773. The molecule has 1 aliphatic rings. The van der Waals surface area contributed by atoms with Crippen molar-refractivity contribution in [3.63, 3.8) is 0 Å². The number of hydrogen-bond donors (Lipinski definition) is 1. The van der Waals surface area contributed by atoms with Crippen LogP contribution in [0.15, 0.2) is 29.2 Å². The van der Waals surface area contributed by atoms with Crippen LogP contribution in [0.1, 0.15) is 18.4 Å². The van der Waals surface area contributed by atoms with Gasteiger partial charge in [-0.25, -0.2) is 8.42 Å². The lowest BCUT2D eigenvalue weighted by Gasteiger charge is -2.11. The van der Waals surface area contributed by atoms with Crippen LogP contribution in [0, 0.1) is 5.92 Å². The molecule has 0 aliphatic heterocycles. The van der Waals surface area contributed by atoms with Crippen molar-refractivity contribution >= 4 is 9.84 Å². The van der Waals surface area contributed by atoms with Gasteiger partial charge in [0.2, 0.25) is 0 Å². The number of benzene rings is 1. The van der Waals surface area contributed by atoms with E-state index in [9.17, 15) is 26.7 Å². The fraction of sp³-hybridized carbons (Fsp3) is 0.500. The van der Waals surface area contributed by atoms with Crippen molar-refractivity contribution in [2.45, 2.75) is 35.8 Å². The van der Waals surface area contributed by atoms with Crippen LogP contribution >= 0.6 is 0 Å². The van der Waals surface area contributed by atoms with Gasteiger partial charge in [0.15, 0.2) is 0 Å². The van der Waals surface area contributed by atoms with Crippen molar-refractivity contribution in [3.8, 4) is 0 Å². The summed E-state index contributed by atoms with van der Waals surface area (Å²) in [6, 6.07) is 4.48. The van der Waals surface area contributed by atoms with Crippen molar-refractivity contribution in [1.82, 2.24) is 0 Å². The van der Waals surface area contributed by atoms with E-state index in [1.54, 1.807) is 0 Å². The summed E-state index contributed by atoms with van der Waals surface area (Å²) in [5, 5.41) is 9.70. The first kappa shape index (κ1) is 14.3. The number of aliphatic hydroxyl groups excluding tert-OH is 1. The van der Waals surface area contributed by atoms with Gasteiger partial charge < -0.3 is 5.11 Å². The van der Waals surface area contributed by atoms with Gasteiger partial charge in [-0.15, -0.1) is 0 Å². The van der Waals surface area contributed by atoms with E-state index in [1.807, 2.05) is 0 Å². The monoisotopic (exact) mass is 294 g/mol. The van der Waals surface area contributed by atoms with Gasteiger partial charge in [0.25, 0.3) is 9.84 Å². The molecule has 0 amide bonds. The van der Waals surface area contributed by atoms with Crippen molar-refractivity contribution in [2.24, 2.45) is 5.92 Å². The van der Waals surface area contributed by atoms with E-state index in [1.165, 1.54) is 12.1 Å². The summed E-state index contributed by atoms with van der Waals surface area (Å²) in [5.41, 5.74) is -4.66. The molecule has 1 fully saturated rings. The van der Waals surface area contributed by atoms with E-state index in [-0.39, 0.29) is 5.92 Å². The predicted molar refractivity (Wildman–Crippen MR) is 62.1 cm³/mol. The van der Waals surface area contributed by atoms with Crippen LogP contribution < -0.4 is 0 Å². The van der Waals surface area contributed by atoms with Crippen LogP contribution in [0.2, 0.25) is 0 Å². The number of hydrogen-bond acceptors (Lipinski definition) is 3. The summed E-state index contributed by atoms with van der Waals surface area (Å²) in [6.07, 6.45) is 1.74. The van der Waals surface area contributed by atoms with Crippen molar-refractivity contribution in [1.29, 1.82) is 0 Å². The van der Waals surface area contributed by atoms with Crippen molar-refractivity contribution < 1.29 is 26.7 Å². The summed E-state index contributed by atoms with van der Waals surface area (Å²) >= 11 is 0. The van der Waals surface area contributed by atoms with Gasteiger partial charge in [-0.2, -0.15) is 13.2 Å². The highest BCUT2D eigenvalue weighted by Gasteiger charge is 2.46. The largest absolute Gasteiger partial charge is 0.501 e. The van der Waals surface area contributed by atoms with Crippen LogP contribution in [0.25, 0.3) is 0 Å². The Balaban J connectivity index is 2.14. The molecule has 0 radical (unpaired) electrons. The molecule has 3 nitrogen and oxygen atoms in total. The van der Waals surface area contributed by atoms with Crippen LogP contribution in [0.4, 0.5) is 13.2 Å². The van der Waals surface area contributed by atoms with Crippen molar-refractivity contribution in [2.75, 3.05) is 0 Å². The van der Waals surface area contributed by atoms with E-state index in [2.05, 4.69) is 0 Å². The minimum atomic E-state index is -5.29. The first-order chi connectivity index (χ1) is 8.72. The number of alkyl halides is 3. The highest BCUT2D eigenvalue weighted by atomic mass is 32.2. The Morgan fingerprint density at radius 3 is 2.16 bits per heavy atom. The fourth-order valence-corrected chi connectivity index (χ4v) is 2.59. The maximum absolute atomic E-state index is 12.3. The van der Waals surface area contributed by atoms with Crippen LogP contribution in [-0.4, -0.2) is 25.1 Å². The lowest BCUT2D eigenvalue weighted by Crippen LogP contribution is -2.23. The SMILES string of the molecule is O=S(=O)(c1ccc(CC(O)C2CC2)cc1)C(F)(F)F. The zero-order chi connectivity index (χ0) is 14.3. The van der Waals surface area contributed by atoms with Gasteiger partial charge in [0.1, 0.15) is 0 Å².